The van der Waals surface area contributed by atoms with Crippen LogP contribution in [0.25, 0.3) is 0 Å². The van der Waals surface area contributed by atoms with Gasteiger partial charge in [0.1, 0.15) is 5.78 Å². The number of thioether (sulfide) groups is 1. The van der Waals surface area contributed by atoms with Gasteiger partial charge in [0.05, 0.1) is 17.6 Å². The minimum Gasteiger partial charge on any atom is -0.371 e. The number of fused-ring (bicyclic) bond motifs is 1. The van der Waals surface area contributed by atoms with E-state index in [0.717, 1.165) is 17.9 Å². The fourth-order valence-corrected chi connectivity index (χ4v) is 3.38. The van der Waals surface area contributed by atoms with Crippen molar-refractivity contribution < 1.29 is 9.53 Å². The molecule has 0 amide bonds. The summed E-state index contributed by atoms with van der Waals surface area (Å²) in [6.07, 6.45) is 1.84. The maximum Gasteiger partial charge on any atom is 0.142 e. The van der Waals surface area contributed by atoms with Crippen LogP contribution in [0, 0.1) is 5.92 Å². The van der Waals surface area contributed by atoms with Gasteiger partial charge >= 0.3 is 0 Å². The molecule has 13 heavy (non-hydrogen) atoms. The van der Waals surface area contributed by atoms with Gasteiger partial charge < -0.3 is 4.74 Å². The third-order valence-electron chi connectivity index (χ3n) is 2.78. The van der Waals surface area contributed by atoms with Gasteiger partial charge in [0.2, 0.25) is 0 Å². The zero-order chi connectivity index (χ0) is 9.47. The van der Waals surface area contributed by atoms with Gasteiger partial charge in [-0.05, 0) is 26.0 Å². The van der Waals surface area contributed by atoms with Gasteiger partial charge in [0.25, 0.3) is 0 Å². The summed E-state index contributed by atoms with van der Waals surface area (Å²) < 4.78 is 5.91. The van der Waals surface area contributed by atoms with Crippen LogP contribution in [0.5, 0.6) is 0 Å². The lowest BCUT2D eigenvalue weighted by Crippen LogP contribution is -2.49. The van der Waals surface area contributed by atoms with Crippen LogP contribution < -0.4 is 0 Å². The van der Waals surface area contributed by atoms with E-state index in [4.69, 9.17) is 4.74 Å². The normalized spacial score (nSPS) is 38.5. The molecule has 0 spiro atoms. The third kappa shape index (κ3) is 1.91. The third-order valence-corrected chi connectivity index (χ3v) is 3.90. The molecular formula is C10H16O2S. The van der Waals surface area contributed by atoms with Crippen LogP contribution in [-0.4, -0.2) is 29.0 Å². The number of hydrogen-bond acceptors (Lipinski definition) is 3. The predicted molar refractivity (Wildman–Crippen MR) is 54.0 cm³/mol. The molecule has 2 fully saturated rings. The van der Waals surface area contributed by atoms with E-state index in [-0.39, 0.29) is 17.6 Å². The maximum atomic E-state index is 11.8. The standard InChI is InChI=1S/C10H16O2S/c1-10(2)5-8(11)7-6-13-4-3-9(7)12-10/h7,9H,3-6H2,1-2H3. The predicted octanol–water partition coefficient (Wildman–Crippen LogP) is 1.88. The molecule has 0 aromatic carbocycles. The van der Waals surface area contributed by atoms with Crippen molar-refractivity contribution in [2.24, 2.45) is 5.92 Å². The van der Waals surface area contributed by atoms with Gasteiger partial charge in [-0.3, -0.25) is 4.79 Å². The van der Waals surface area contributed by atoms with Crippen LogP contribution in [0.15, 0.2) is 0 Å². The molecule has 0 aliphatic carbocycles. The Hall–Kier alpha value is -0.0200. The number of hydrogen-bond donors (Lipinski definition) is 0. The minimum atomic E-state index is -0.222. The summed E-state index contributed by atoms with van der Waals surface area (Å²) in [5.41, 5.74) is -0.222. The molecule has 2 nitrogen and oxygen atoms in total. The molecule has 0 radical (unpaired) electrons. The Bertz CT molecular complexity index is 225. The van der Waals surface area contributed by atoms with Crippen molar-refractivity contribution in [3.05, 3.63) is 0 Å². The molecule has 2 aliphatic heterocycles. The number of carbonyl (C=O) groups excluding carboxylic acids is 1. The number of ether oxygens (including phenoxy) is 1. The highest BCUT2D eigenvalue weighted by Crippen LogP contribution is 2.36. The van der Waals surface area contributed by atoms with Gasteiger partial charge in [0, 0.05) is 12.2 Å². The quantitative estimate of drug-likeness (QED) is 0.597. The summed E-state index contributed by atoms with van der Waals surface area (Å²) in [4.78, 5) is 11.8. The van der Waals surface area contributed by atoms with Crippen LogP contribution in [0.3, 0.4) is 0 Å². The monoisotopic (exact) mass is 200 g/mol. The fourth-order valence-electron chi connectivity index (χ4n) is 2.16. The zero-order valence-electron chi connectivity index (χ0n) is 8.21. The Kier molecular flexibility index (Phi) is 2.41. The molecule has 2 saturated heterocycles. The Labute approximate surface area is 83.4 Å². The van der Waals surface area contributed by atoms with E-state index in [9.17, 15) is 4.79 Å². The summed E-state index contributed by atoms with van der Waals surface area (Å²) in [6, 6.07) is 0. The first kappa shape index (κ1) is 9.53. The summed E-state index contributed by atoms with van der Waals surface area (Å²) >= 11 is 1.88. The second-order valence-electron chi connectivity index (χ2n) is 4.53. The molecule has 2 rings (SSSR count). The van der Waals surface area contributed by atoms with Gasteiger partial charge in [-0.25, -0.2) is 0 Å². The highest BCUT2D eigenvalue weighted by molar-refractivity contribution is 7.99. The van der Waals surface area contributed by atoms with Gasteiger partial charge in [-0.2, -0.15) is 11.8 Å². The summed E-state index contributed by atoms with van der Waals surface area (Å²) in [5, 5.41) is 0. The van der Waals surface area contributed by atoms with Crippen molar-refractivity contribution in [2.75, 3.05) is 11.5 Å². The first-order chi connectivity index (χ1) is 6.08. The first-order valence-corrected chi connectivity index (χ1v) is 6.02. The fraction of sp³-hybridized carbons (Fsp3) is 0.900. The molecule has 0 aromatic rings. The lowest BCUT2D eigenvalue weighted by atomic mass is 9.85. The molecule has 2 heterocycles. The van der Waals surface area contributed by atoms with Crippen molar-refractivity contribution in [1.82, 2.24) is 0 Å². The van der Waals surface area contributed by atoms with Crippen molar-refractivity contribution in [1.29, 1.82) is 0 Å². The number of ketones is 1. The average Bonchev–Trinajstić information content (AvgIpc) is 2.02. The zero-order valence-corrected chi connectivity index (χ0v) is 9.02. The number of carbonyl (C=O) groups is 1. The van der Waals surface area contributed by atoms with Crippen molar-refractivity contribution in [2.45, 2.75) is 38.4 Å². The van der Waals surface area contributed by atoms with Crippen LogP contribution in [0.4, 0.5) is 0 Å². The Balaban J connectivity index is 2.12. The topological polar surface area (TPSA) is 26.3 Å². The molecule has 2 aliphatic rings. The van der Waals surface area contributed by atoms with E-state index in [1.54, 1.807) is 0 Å². The summed E-state index contributed by atoms with van der Waals surface area (Å²) in [7, 11) is 0. The summed E-state index contributed by atoms with van der Waals surface area (Å²) in [6.45, 7) is 4.03. The van der Waals surface area contributed by atoms with Crippen molar-refractivity contribution in [3.8, 4) is 0 Å². The van der Waals surface area contributed by atoms with E-state index in [0.29, 0.717) is 12.2 Å². The molecule has 0 saturated carbocycles. The van der Waals surface area contributed by atoms with Gasteiger partial charge in [-0.15, -0.1) is 0 Å². The second-order valence-corrected chi connectivity index (χ2v) is 5.68. The SMILES string of the molecule is CC1(C)CC(=O)C2CSCCC2O1. The van der Waals surface area contributed by atoms with E-state index in [1.807, 2.05) is 25.6 Å². The first-order valence-electron chi connectivity index (χ1n) is 4.87. The molecule has 2 unspecified atom stereocenters. The van der Waals surface area contributed by atoms with E-state index < -0.39 is 0 Å². The highest BCUT2D eigenvalue weighted by Gasteiger charge is 2.42. The van der Waals surface area contributed by atoms with Gasteiger partial charge in [0.15, 0.2) is 0 Å². The molecule has 0 aromatic heterocycles. The number of Topliss-reactive ketones (excluding diaryl/α,β-unsaturated/α-hetero) is 1. The van der Waals surface area contributed by atoms with Crippen LogP contribution in [0.2, 0.25) is 0 Å². The Morgan fingerprint density at radius 2 is 2.31 bits per heavy atom. The molecule has 74 valence electrons. The van der Waals surface area contributed by atoms with Crippen LogP contribution in [-0.2, 0) is 9.53 Å². The van der Waals surface area contributed by atoms with E-state index in [1.165, 1.54) is 0 Å². The number of rotatable bonds is 0. The average molecular weight is 200 g/mol. The van der Waals surface area contributed by atoms with E-state index in [2.05, 4.69) is 0 Å². The van der Waals surface area contributed by atoms with Crippen molar-refractivity contribution >= 4 is 17.5 Å². The summed E-state index contributed by atoms with van der Waals surface area (Å²) in [5.74, 6) is 2.71. The Morgan fingerprint density at radius 3 is 3.08 bits per heavy atom. The van der Waals surface area contributed by atoms with Gasteiger partial charge in [-0.1, -0.05) is 0 Å². The lowest BCUT2D eigenvalue weighted by Gasteiger charge is -2.42. The minimum absolute atomic E-state index is 0.187. The molecule has 0 N–H and O–H groups in total. The lowest BCUT2D eigenvalue weighted by molar-refractivity contribution is -0.160. The van der Waals surface area contributed by atoms with Crippen LogP contribution in [0.1, 0.15) is 26.7 Å². The molecule has 2 atom stereocenters. The molecule has 0 bridgehead atoms. The largest absolute Gasteiger partial charge is 0.371 e. The van der Waals surface area contributed by atoms with Crippen molar-refractivity contribution in [3.63, 3.8) is 0 Å². The molecule has 3 heteroatoms. The maximum absolute atomic E-state index is 11.8. The van der Waals surface area contributed by atoms with E-state index >= 15 is 0 Å². The second kappa shape index (κ2) is 3.28. The smallest absolute Gasteiger partial charge is 0.142 e. The van der Waals surface area contributed by atoms with Crippen LogP contribution >= 0.6 is 11.8 Å². The molecular weight excluding hydrogens is 184 g/mol. The Morgan fingerprint density at radius 1 is 1.54 bits per heavy atom. The highest BCUT2D eigenvalue weighted by atomic mass is 32.2.